The fraction of sp³-hybridized carbons (Fsp3) is 0.133. The quantitative estimate of drug-likeness (QED) is 0.813. The standard InChI is InChI=1S/C15H14BrClN2O/c1-9(10-2-4-11(16)5-3-10)19-15(20)13-8-12(18)6-7-14(13)17/h2-9H,18H2,1H3,(H,19,20)/t9-/m1/s1. The molecule has 2 aromatic rings. The van der Waals surface area contributed by atoms with E-state index in [0.29, 0.717) is 16.3 Å². The average Bonchev–Trinajstić information content (AvgIpc) is 2.42. The van der Waals surface area contributed by atoms with E-state index in [4.69, 9.17) is 17.3 Å². The Kier molecular flexibility index (Phi) is 4.68. The molecule has 0 unspecified atom stereocenters. The fourth-order valence-electron chi connectivity index (χ4n) is 1.83. The lowest BCUT2D eigenvalue weighted by molar-refractivity contribution is 0.0940. The Balaban J connectivity index is 2.15. The number of nitrogens with two attached hydrogens (primary N) is 1. The maximum atomic E-state index is 12.2. The second-order valence-corrected chi connectivity index (χ2v) is 5.81. The molecule has 0 aliphatic carbocycles. The van der Waals surface area contributed by atoms with Crippen molar-refractivity contribution >= 4 is 39.1 Å². The average molecular weight is 354 g/mol. The Morgan fingerprint density at radius 1 is 1.25 bits per heavy atom. The van der Waals surface area contributed by atoms with Gasteiger partial charge in [0.2, 0.25) is 0 Å². The first-order valence-electron chi connectivity index (χ1n) is 6.08. The van der Waals surface area contributed by atoms with Crippen LogP contribution in [0, 0.1) is 0 Å². The summed E-state index contributed by atoms with van der Waals surface area (Å²) in [5, 5.41) is 3.29. The Bertz CT molecular complexity index is 628. The summed E-state index contributed by atoms with van der Waals surface area (Å²) in [4.78, 5) is 12.2. The minimum atomic E-state index is -0.238. The zero-order chi connectivity index (χ0) is 14.7. The minimum Gasteiger partial charge on any atom is -0.399 e. The van der Waals surface area contributed by atoms with Crippen LogP contribution in [-0.2, 0) is 0 Å². The van der Waals surface area contributed by atoms with Crippen molar-refractivity contribution in [2.24, 2.45) is 0 Å². The third-order valence-electron chi connectivity index (χ3n) is 2.95. The van der Waals surface area contributed by atoms with E-state index < -0.39 is 0 Å². The molecule has 3 nitrogen and oxygen atoms in total. The van der Waals surface area contributed by atoms with Crippen LogP contribution >= 0.6 is 27.5 Å². The second-order valence-electron chi connectivity index (χ2n) is 4.49. The number of amides is 1. The molecular formula is C15H14BrClN2O. The van der Waals surface area contributed by atoms with Gasteiger partial charge in [0.1, 0.15) is 0 Å². The normalized spacial score (nSPS) is 11.9. The van der Waals surface area contributed by atoms with E-state index in [2.05, 4.69) is 21.2 Å². The van der Waals surface area contributed by atoms with Crippen LogP contribution < -0.4 is 11.1 Å². The molecule has 0 bridgehead atoms. The van der Waals surface area contributed by atoms with Crippen molar-refractivity contribution in [3.05, 3.63) is 63.1 Å². The Labute approximate surface area is 131 Å². The summed E-state index contributed by atoms with van der Waals surface area (Å²) >= 11 is 9.40. The molecule has 0 fully saturated rings. The lowest BCUT2D eigenvalue weighted by Gasteiger charge is -2.15. The van der Waals surface area contributed by atoms with Gasteiger partial charge in [0.15, 0.2) is 0 Å². The van der Waals surface area contributed by atoms with Gasteiger partial charge in [-0.1, -0.05) is 39.7 Å². The molecule has 1 amide bonds. The number of anilines is 1. The van der Waals surface area contributed by atoms with E-state index in [1.807, 2.05) is 31.2 Å². The minimum absolute atomic E-state index is 0.118. The molecule has 0 aliphatic heterocycles. The summed E-state index contributed by atoms with van der Waals surface area (Å²) in [5.74, 6) is -0.238. The lowest BCUT2D eigenvalue weighted by atomic mass is 10.1. The van der Waals surface area contributed by atoms with E-state index in [0.717, 1.165) is 10.0 Å². The highest BCUT2D eigenvalue weighted by Crippen LogP contribution is 2.21. The molecule has 0 spiro atoms. The van der Waals surface area contributed by atoms with Crippen molar-refractivity contribution in [2.75, 3.05) is 5.73 Å². The number of carbonyl (C=O) groups is 1. The summed E-state index contributed by atoms with van der Waals surface area (Å²) in [6, 6.07) is 12.5. The van der Waals surface area contributed by atoms with Crippen LogP contribution in [0.2, 0.25) is 5.02 Å². The van der Waals surface area contributed by atoms with E-state index in [1.54, 1.807) is 18.2 Å². The van der Waals surface area contributed by atoms with Crippen molar-refractivity contribution < 1.29 is 4.79 Å². The number of nitrogen functional groups attached to an aromatic ring is 1. The largest absolute Gasteiger partial charge is 0.399 e. The van der Waals surface area contributed by atoms with E-state index in [-0.39, 0.29) is 11.9 Å². The Morgan fingerprint density at radius 2 is 1.90 bits per heavy atom. The predicted octanol–water partition coefficient (Wildman–Crippen LogP) is 4.18. The van der Waals surface area contributed by atoms with Crippen molar-refractivity contribution in [3.8, 4) is 0 Å². The molecule has 0 heterocycles. The molecule has 0 aromatic heterocycles. The summed E-state index contributed by atoms with van der Waals surface area (Å²) in [5.41, 5.74) is 7.59. The van der Waals surface area contributed by atoms with Gasteiger partial charge < -0.3 is 11.1 Å². The van der Waals surface area contributed by atoms with Gasteiger partial charge in [-0.3, -0.25) is 4.79 Å². The molecule has 1 atom stereocenters. The van der Waals surface area contributed by atoms with Gasteiger partial charge >= 0.3 is 0 Å². The Hall–Kier alpha value is -1.52. The van der Waals surface area contributed by atoms with Crippen molar-refractivity contribution in [3.63, 3.8) is 0 Å². The van der Waals surface area contributed by atoms with Gasteiger partial charge in [0, 0.05) is 10.2 Å². The van der Waals surface area contributed by atoms with Gasteiger partial charge in [-0.05, 0) is 42.8 Å². The maximum Gasteiger partial charge on any atom is 0.253 e. The first kappa shape index (κ1) is 14.9. The van der Waals surface area contributed by atoms with E-state index >= 15 is 0 Å². The molecular weight excluding hydrogens is 340 g/mol. The van der Waals surface area contributed by atoms with Crippen LogP contribution in [0.3, 0.4) is 0 Å². The number of halogens is 2. The van der Waals surface area contributed by atoms with Gasteiger partial charge in [0.25, 0.3) is 5.91 Å². The van der Waals surface area contributed by atoms with Crippen LogP contribution in [0.1, 0.15) is 28.9 Å². The van der Waals surface area contributed by atoms with Gasteiger partial charge in [0.05, 0.1) is 16.6 Å². The number of carbonyl (C=O) groups excluding carboxylic acids is 1. The lowest BCUT2D eigenvalue weighted by Crippen LogP contribution is -2.27. The zero-order valence-electron chi connectivity index (χ0n) is 10.9. The van der Waals surface area contributed by atoms with Crippen molar-refractivity contribution in [2.45, 2.75) is 13.0 Å². The van der Waals surface area contributed by atoms with Gasteiger partial charge in [-0.25, -0.2) is 0 Å². The first-order valence-corrected chi connectivity index (χ1v) is 7.26. The molecule has 0 saturated carbocycles. The molecule has 0 saturated heterocycles. The molecule has 104 valence electrons. The number of nitrogens with one attached hydrogen (secondary N) is 1. The van der Waals surface area contributed by atoms with Crippen molar-refractivity contribution in [1.82, 2.24) is 5.32 Å². The van der Waals surface area contributed by atoms with Gasteiger partial charge in [-0.15, -0.1) is 0 Å². The number of benzene rings is 2. The third kappa shape index (κ3) is 3.52. The van der Waals surface area contributed by atoms with Crippen LogP contribution in [-0.4, -0.2) is 5.91 Å². The number of hydrogen-bond donors (Lipinski definition) is 2. The first-order chi connectivity index (χ1) is 9.47. The molecule has 0 radical (unpaired) electrons. The highest BCUT2D eigenvalue weighted by atomic mass is 79.9. The SMILES string of the molecule is C[C@@H](NC(=O)c1cc(N)ccc1Cl)c1ccc(Br)cc1. The summed E-state index contributed by atoms with van der Waals surface area (Å²) in [7, 11) is 0. The third-order valence-corrected chi connectivity index (χ3v) is 3.81. The molecule has 0 aliphatic rings. The van der Waals surface area contributed by atoms with Crippen LogP contribution in [0.4, 0.5) is 5.69 Å². The molecule has 20 heavy (non-hydrogen) atoms. The highest BCUT2D eigenvalue weighted by molar-refractivity contribution is 9.10. The predicted molar refractivity (Wildman–Crippen MR) is 85.9 cm³/mol. The fourth-order valence-corrected chi connectivity index (χ4v) is 2.29. The van der Waals surface area contributed by atoms with Gasteiger partial charge in [-0.2, -0.15) is 0 Å². The van der Waals surface area contributed by atoms with E-state index in [9.17, 15) is 4.79 Å². The maximum absolute atomic E-state index is 12.2. The van der Waals surface area contributed by atoms with Crippen LogP contribution in [0.5, 0.6) is 0 Å². The zero-order valence-corrected chi connectivity index (χ0v) is 13.2. The van der Waals surface area contributed by atoms with Crippen molar-refractivity contribution in [1.29, 1.82) is 0 Å². The topological polar surface area (TPSA) is 55.1 Å². The number of rotatable bonds is 3. The second kappa shape index (κ2) is 6.29. The summed E-state index contributed by atoms with van der Waals surface area (Å²) in [6.45, 7) is 1.92. The smallest absolute Gasteiger partial charge is 0.253 e. The number of hydrogen-bond acceptors (Lipinski definition) is 2. The molecule has 2 aromatic carbocycles. The highest BCUT2D eigenvalue weighted by Gasteiger charge is 2.14. The van der Waals surface area contributed by atoms with Crippen LogP contribution in [0.15, 0.2) is 46.9 Å². The Morgan fingerprint density at radius 3 is 2.55 bits per heavy atom. The van der Waals surface area contributed by atoms with E-state index in [1.165, 1.54) is 0 Å². The molecule has 3 N–H and O–H groups in total. The molecule has 5 heteroatoms. The monoisotopic (exact) mass is 352 g/mol. The summed E-state index contributed by atoms with van der Waals surface area (Å²) in [6.07, 6.45) is 0. The molecule has 2 rings (SSSR count). The summed E-state index contributed by atoms with van der Waals surface area (Å²) < 4.78 is 0.999. The van der Waals surface area contributed by atoms with Crippen LogP contribution in [0.25, 0.3) is 0 Å².